The lowest BCUT2D eigenvalue weighted by Crippen LogP contribution is -2.46. The minimum absolute atomic E-state index is 0.0397. The van der Waals surface area contributed by atoms with Crippen LogP contribution < -0.4 is 0 Å². The highest BCUT2D eigenvalue weighted by molar-refractivity contribution is 6.38. The van der Waals surface area contributed by atoms with E-state index in [2.05, 4.69) is 25.6 Å². The van der Waals surface area contributed by atoms with Crippen molar-refractivity contribution >= 4 is 23.3 Å². The Labute approximate surface area is 223 Å². The minimum atomic E-state index is -0.807. The van der Waals surface area contributed by atoms with Crippen LogP contribution in [0.1, 0.15) is 91.0 Å². The van der Waals surface area contributed by atoms with Crippen molar-refractivity contribution in [1.82, 2.24) is 4.90 Å². The Morgan fingerprint density at radius 1 is 1.08 bits per heavy atom. The molecule has 0 radical (unpaired) electrons. The molecule has 1 amide bonds. The van der Waals surface area contributed by atoms with Crippen LogP contribution in [0.15, 0.2) is 42.5 Å². The standard InChI is InChI=1S/C32H45NO4/c1-6-7-18-27(30(36)24(4)34)23(3)29(35)28-20-32(5,19-25-14-10-8-11-15-25)21-33(28)31(37)22(2)26-16-12-9-13-17-26/h8,10-11,14-15,22,26-28H,3,6-7,9,12-13,16-21H2,1-2,4-5H3/t22-,27?,28?,32?/m0/s1. The summed E-state index contributed by atoms with van der Waals surface area (Å²) < 4.78 is 0. The van der Waals surface area contributed by atoms with Crippen LogP contribution in [0, 0.1) is 23.2 Å². The van der Waals surface area contributed by atoms with E-state index in [4.69, 9.17) is 0 Å². The normalized spacial score (nSPS) is 23.9. The van der Waals surface area contributed by atoms with Gasteiger partial charge in [-0.2, -0.15) is 0 Å². The second kappa shape index (κ2) is 12.8. The lowest BCUT2D eigenvalue weighted by Gasteiger charge is -2.33. The third-order valence-electron chi connectivity index (χ3n) is 8.67. The Morgan fingerprint density at radius 3 is 2.32 bits per heavy atom. The van der Waals surface area contributed by atoms with Crippen LogP contribution in [-0.2, 0) is 25.6 Å². The molecule has 5 heteroatoms. The Bertz CT molecular complexity index is 993. The summed E-state index contributed by atoms with van der Waals surface area (Å²) in [5.41, 5.74) is 1.09. The van der Waals surface area contributed by atoms with Crippen molar-refractivity contribution in [3.05, 3.63) is 48.0 Å². The van der Waals surface area contributed by atoms with Gasteiger partial charge in [-0.05, 0) is 49.0 Å². The lowest BCUT2D eigenvalue weighted by molar-refractivity contribution is -0.142. The van der Waals surface area contributed by atoms with E-state index in [9.17, 15) is 19.2 Å². The highest BCUT2D eigenvalue weighted by Crippen LogP contribution is 2.41. The van der Waals surface area contributed by atoms with E-state index >= 15 is 0 Å². The van der Waals surface area contributed by atoms with Crippen molar-refractivity contribution in [2.45, 2.75) is 97.9 Å². The molecule has 1 saturated carbocycles. The molecule has 3 unspecified atom stereocenters. The quantitative estimate of drug-likeness (QED) is 0.252. The highest BCUT2D eigenvalue weighted by atomic mass is 16.2. The monoisotopic (exact) mass is 507 g/mol. The molecule has 37 heavy (non-hydrogen) atoms. The maximum Gasteiger partial charge on any atom is 0.226 e. The number of Topliss-reactive ketones (excluding diaryl/α,β-unsaturated/α-hetero) is 3. The summed E-state index contributed by atoms with van der Waals surface area (Å²) in [6, 6.07) is 9.53. The fourth-order valence-corrected chi connectivity index (χ4v) is 6.45. The van der Waals surface area contributed by atoms with E-state index in [1.165, 1.54) is 18.9 Å². The number of carbonyl (C=O) groups excluding carboxylic acids is 4. The van der Waals surface area contributed by atoms with Crippen molar-refractivity contribution in [2.75, 3.05) is 6.54 Å². The van der Waals surface area contributed by atoms with Crippen molar-refractivity contribution < 1.29 is 19.2 Å². The van der Waals surface area contributed by atoms with Crippen molar-refractivity contribution in [3.63, 3.8) is 0 Å². The van der Waals surface area contributed by atoms with Gasteiger partial charge >= 0.3 is 0 Å². The van der Waals surface area contributed by atoms with Gasteiger partial charge in [0.1, 0.15) is 0 Å². The molecule has 1 saturated heterocycles. The predicted molar refractivity (Wildman–Crippen MR) is 147 cm³/mol. The molecule has 1 aliphatic heterocycles. The van der Waals surface area contributed by atoms with Crippen LogP contribution in [0.3, 0.4) is 0 Å². The van der Waals surface area contributed by atoms with Crippen LogP contribution in [0.25, 0.3) is 0 Å². The van der Waals surface area contributed by atoms with Gasteiger partial charge in [-0.3, -0.25) is 19.2 Å². The number of nitrogens with zero attached hydrogens (tertiary/aromatic N) is 1. The maximum atomic E-state index is 14.0. The highest BCUT2D eigenvalue weighted by Gasteiger charge is 2.48. The number of ketones is 3. The molecular weight excluding hydrogens is 462 g/mol. The Kier molecular flexibility index (Phi) is 10.0. The number of likely N-dealkylation sites (tertiary alicyclic amines) is 1. The largest absolute Gasteiger partial charge is 0.331 e. The molecule has 1 aromatic rings. The predicted octanol–water partition coefficient (Wildman–Crippen LogP) is 6.14. The number of unbranched alkanes of at least 4 members (excludes halogenated alkanes) is 1. The van der Waals surface area contributed by atoms with Gasteiger partial charge in [-0.25, -0.2) is 0 Å². The zero-order chi connectivity index (χ0) is 27.2. The van der Waals surface area contributed by atoms with Gasteiger partial charge in [0.25, 0.3) is 0 Å². The first-order chi connectivity index (χ1) is 17.6. The van der Waals surface area contributed by atoms with Crippen LogP contribution in [0.2, 0.25) is 0 Å². The summed E-state index contributed by atoms with van der Waals surface area (Å²) in [5, 5.41) is 0. The summed E-state index contributed by atoms with van der Waals surface area (Å²) in [6.07, 6.45) is 8.94. The molecule has 0 N–H and O–H groups in total. The van der Waals surface area contributed by atoms with Gasteiger partial charge in [0.15, 0.2) is 11.6 Å². The van der Waals surface area contributed by atoms with Gasteiger partial charge in [0, 0.05) is 25.0 Å². The summed E-state index contributed by atoms with van der Waals surface area (Å²) in [7, 11) is 0. The fourth-order valence-electron chi connectivity index (χ4n) is 6.45. The Hall–Kier alpha value is -2.56. The van der Waals surface area contributed by atoms with E-state index in [-0.39, 0.29) is 28.6 Å². The smallest absolute Gasteiger partial charge is 0.226 e. The van der Waals surface area contributed by atoms with E-state index < -0.39 is 23.5 Å². The van der Waals surface area contributed by atoms with Gasteiger partial charge in [0.05, 0.1) is 12.0 Å². The van der Waals surface area contributed by atoms with Crippen LogP contribution >= 0.6 is 0 Å². The number of amides is 1. The molecule has 3 rings (SSSR count). The van der Waals surface area contributed by atoms with E-state index in [0.717, 1.165) is 44.9 Å². The van der Waals surface area contributed by atoms with Crippen LogP contribution in [0.4, 0.5) is 0 Å². The summed E-state index contributed by atoms with van der Waals surface area (Å²) >= 11 is 0. The number of hydrogen-bond acceptors (Lipinski definition) is 4. The topological polar surface area (TPSA) is 71.5 Å². The van der Waals surface area contributed by atoms with Crippen molar-refractivity contribution in [2.24, 2.45) is 23.2 Å². The van der Waals surface area contributed by atoms with Crippen molar-refractivity contribution in [1.29, 1.82) is 0 Å². The second-order valence-corrected chi connectivity index (χ2v) is 11.9. The average molecular weight is 508 g/mol. The lowest BCUT2D eigenvalue weighted by atomic mass is 9.79. The van der Waals surface area contributed by atoms with E-state index in [1.807, 2.05) is 32.0 Å². The third kappa shape index (κ3) is 7.06. The molecule has 1 aromatic carbocycles. The van der Waals surface area contributed by atoms with E-state index in [1.54, 1.807) is 4.90 Å². The number of carbonyl (C=O) groups is 4. The molecule has 1 aliphatic carbocycles. The Balaban J connectivity index is 1.89. The van der Waals surface area contributed by atoms with Gasteiger partial charge in [0.2, 0.25) is 11.7 Å². The zero-order valence-electron chi connectivity index (χ0n) is 23.3. The molecule has 0 aromatic heterocycles. The fraction of sp³-hybridized carbons (Fsp3) is 0.625. The van der Waals surface area contributed by atoms with E-state index in [0.29, 0.717) is 25.3 Å². The molecule has 2 aliphatic rings. The number of benzene rings is 1. The molecule has 1 heterocycles. The molecule has 0 bridgehead atoms. The first-order valence-electron chi connectivity index (χ1n) is 14.2. The zero-order valence-corrected chi connectivity index (χ0v) is 23.3. The SMILES string of the molecule is C=C(C(=O)C1CC(C)(Cc2ccccc2)CN1C(=O)[C@@H](C)C1CCCCC1)C(CCCC)C(=O)C(C)=O. The molecular formula is C32H45NO4. The first kappa shape index (κ1) is 29.0. The van der Waals surface area contributed by atoms with Crippen LogP contribution in [0.5, 0.6) is 0 Å². The third-order valence-corrected chi connectivity index (χ3v) is 8.67. The Morgan fingerprint density at radius 2 is 1.73 bits per heavy atom. The first-order valence-corrected chi connectivity index (χ1v) is 14.2. The van der Waals surface area contributed by atoms with Gasteiger partial charge in [-0.15, -0.1) is 0 Å². The van der Waals surface area contributed by atoms with Gasteiger partial charge < -0.3 is 4.90 Å². The number of hydrogen-bond donors (Lipinski definition) is 0. The van der Waals surface area contributed by atoms with Crippen molar-refractivity contribution in [3.8, 4) is 0 Å². The summed E-state index contributed by atoms with van der Waals surface area (Å²) in [4.78, 5) is 54.4. The summed E-state index contributed by atoms with van der Waals surface area (Å²) in [5.74, 6) is -1.91. The average Bonchev–Trinajstić information content (AvgIpc) is 3.25. The molecule has 5 nitrogen and oxygen atoms in total. The molecule has 0 spiro atoms. The molecule has 2 fully saturated rings. The molecule has 4 atom stereocenters. The second-order valence-electron chi connectivity index (χ2n) is 11.9. The molecule has 202 valence electrons. The summed E-state index contributed by atoms with van der Waals surface area (Å²) in [6.45, 7) is 12.0. The maximum absolute atomic E-state index is 14.0. The number of rotatable bonds is 12. The van der Waals surface area contributed by atoms with Gasteiger partial charge in [-0.1, -0.05) is 89.8 Å². The van der Waals surface area contributed by atoms with Crippen LogP contribution in [-0.4, -0.2) is 40.7 Å². The minimum Gasteiger partial charge on any atom is -0.331 e.